The summed E-state index contributed by atoms with van der Waals surface area (Å²) >= 11 is 0. The van der Waals surface area contributed by atoms with Crippen molar-refractivity contribution in [3.05, 3.63) is 29.7 Å². The zero-order chi connectivity index (χ0) is 19.5. The smallest absolute Gasteiger partial charge is 0.293 e. The third-order valence-corrected chi connectivity index (χ3v) is 6.13. The standard InChI is InChI=1S/C20H27N5O3/c1-13-2-5-16(6-3-13)25-11-15(10-21-25)20(27)22-19-9-18(23-24-19)14-4-7-17(8-14)28-12-26/h9-14,16-17H,2-8H2,1H3,(H2,22,23,24,27). The van der Waals surface area contributed by atoms with E-state index >= 15 is 0 Å². The van der Waals surface area contributed by atoms with Crippen LogP contribution >= 0.6 is 0 Å². The zero-order valence-corrected chi connectivity index (χ0v) is 16.1. The van der Waals surface area contributed by atoms with Gasteiger partial charge in [0.05, 0.1) is 17.8 Å². The van der Waals surface area contributed by atoms with Crippen LogP contribution in [0.25, 0.3) is 0 Å². The molecule has 2 aromatic heterocycles. The SMILES string of the molecule is CC1CCC(n2cc(C(=O)Nc3cc(C4CCC(OC=O)C4)[nH]n3)cn2)CC1. The Morgan fingerprint density at radius 3 is 2.89 bits per heavy atom. The molecule has 2 fully saturated rings. The molecular formula is C20H27N5O3. The van der Waals surface area contributed by atoms with Crippen molar-refractivity contribution in [1.82, 2.24) is 20.0 Å². The molecule has 8 nitrogen and oxygen atoms in total. The first-order valence-corrected chi connectivity index (χ1v) is 10.1. The first kappa shape index (κ1) is 18.7. The number of hydrogen-bond acceptors (Lipinski definition) is 5. The van der Waals surface area contributed by atoms with Crippen LogP contribution in [0.15, 0.2) is 18.5 Å². The highest BCUT2D eigenvalue weighted by atomic mass is 16.5. The Kier molecular flexibility index (Phi) is 5.45. The van der Waals surface area contributed by atoms with E-state index in [1.165, 1.54) is 12.8 Å². The number of carbonyl (C=O) groups is 2. The number of carbonyl (C=O) groups excluding carboxylic acids is 2. The average Bonchev–Trinajstić information content (AvgIpc) is 3.43. The minimum atomic E-state index is -0.206. The lowest BCUT2D eigenvalue weighted by Crippen LogP contribution is -2.17. The molecule has 8 heteroatoms. The fourth-order valence-electron chi connectivity index (χ4n) is 4.39. The Morgan fingerprint density at radius 2 is 2.11 bits per heavy atom. The lowest BCUT2D eigenvalue weighted by Gasteiger charge is -2.26. The van der Waals surface area contributed by atoms with Gasteiger partial charge in [0.1, 0.15) is 6.10 Å². The maximum atomic E-state index is 12.6. The van der Waals surface area contributed by atoms with E-state index in [1.54, 1.807) is 6.20 Å². The van der Waals surface area contributed by atoms with Crippen LogP contribution in [0.1, 0.15) is 79.9 Å². The van der Waals surface area contributed by atoms with Crippen LogP contribution in [0, 0.1) is 5.92 Å². The number of ether oxygens (including phenoxy) is 1. The van der Waals surface area contributed by atoms with Gasteiger partial charge in [0, 0.05) is 23.9 Å². The van der Waals surface area contributed by atoms with Gasteiger partial charge in [-0.05, 0) is 50.9 Å². The number of anilines is 1. The van der Waals surface area contributed by atoms with E-state index in [1.807, 2.05) is 16.9 Å². The summed E-state index contributed by atoms with van der Waals surface area (Å²) in [5.74, 6) is 1.34. The Labute approximate surface area is 164 Å². The first-order valence-electron chi connectivity index (χ1n) is 10.1. The van der Waals surface area contributed by atoms with Crippen molar-refractivity contribution < 1.29 is 14.3 Å². The minimum Gasteiger partial charge on any atom is -0.465 e. The van der Waals surface area contributed by atoms with E-state index in [-0.39, 0.29) is 17.9 Å². The molecule has 1 amide bonds. The highest BCUT2D eigenvalue weighted by Crippen LogP contribution is 2.35. The van der Waals surface area contributed by atoms with Gasteiger partial charge in [-0.15, -0.1) is 0 Å². The Balaban J connectivity index is 1.34. The second-order valence-corrected chi connectivity index (χ2v) is 8.15. The Hall–Kier alpha value is -2.64. The van der Waals surface area contributed by atoms with Gasteiger partial charge in [-0.2, -0.15) is 10.2 Å². The number of hydrogen-bond donors (Lipinski definition) is 2. The maximum Gasteiger partial charge on any atom is 0.293 e. The van der Waals surface area contributed by atoms with Crippen molar-refractivity contribution in [2.24, 2.45) is 5.92 Å². The van der Waals surface area contributed by atoms with Gasteiger partial charge in [0.2, 0.25) is 0 Å². The van der Waals surface area contributed by atoms with Gasteiger partial charge in [-0.25, -0.2) is 0 Å². The molecule has 2 N–H and O–H groups in total. The first-order chi connectivity index (χ1) is 13.6. The predicted molar refractivity (Wildman–Crippen MR) is 103 cm³/mol. The molecule has 0 saturated heterocycles. The second-order valence-electron chi connectivity index (χ2n) is 8.15. The lowest BCUT2D eigenvalue weighted by atomic mass is 9.87. The number of rotatable bonds is 6. The summed E-state index contributed by atoms with van der Waals surface area (Å²) in [5, 5.41) is 14.5. The van der Waals surface area contributed by atoms with Gasteiger partial charge in [0.25, 0.3) is 12.4 Å². The van der Waals surface area contributed by atoms with Gasteiger partial charge >= 0.3 is 0 Å². The van der Waals surface area contributed by atoms with Crippen LogP contribution in [-0.2, 0) is 9.53 Å². The van der Waals surface area contributed by atoms with Gasteiger partial charge in [0.15, 0.2) is 5.82 Å². The number of amides is 1. The molecule has 0 bridgehead atoms. The number of aromatic amines is 1. The molecule has 0 aliphatic heterocycles. The van der Waals surface area contributed by atoms with Crippen LogP contribution in [0.2, 0.25) is 0 Å². The third-order valence-electron chi connectivity index (χ3n) is 6.13. The van der Waals surface area contributed by atoms with Crippen LogP contribution in [0.5, 0.6) is 0 Å². The summed E-state index contributed by atoms with van der Waals surface area (Å²) in [5.41, 5.74) is 1.50. The van der Waals surface area contributed by atoms with Crippen molar-refractivity contribution in [3.63, 3.8) is 0 Å². The number of aromatic nitrogens is 4. The zero-order valence-electron chi connectivity index (χ0n) is 16.1. The van der Waals surface area contributed by atoms with E-state index in [2.05, 4.69) is 27.5 Å². The summed E-state index contributed by atoms with van der Waals surface area (Å²) < 4.78 is 6.98. The minimum absolute atomic E-state index is 0.0301. The van der Waals surface area contributed by atoms with Crippen LogP contribution in [0.4, 0.5) is 5.82 Å². The van der Waals surface area contributed by atoms with Crippen molar-refractivity contribution in [1.29, 1.82) is 0 Å². The molecule has 2 atom stereocenters. The summed E-state index contributed by atoms with van der Waals surface area (Å²) in [6.07, 6.45) is 10.6. The topological polar surface area (TPSA) is 102 Å². The molecule has 150 valence electrons. The van der Waals surface area contributed by atoms with E-state index in [4.69, 9.17) is 4.74 Å². The van der Waals surface area contributed by atoms with E-state index in [9.17, 15) is 9.59 Å². The molecule has 0 radical (unpaired) electrons. The Bertz CT molecular complexity index is 821. The van der Waals surface area contributed by atoms with Crippen molar-refractivity contribution >= 4 is 18.2 Å². The molecular weight excluding hydrogens is 358 g/mol. The number of nitrogens with one attached hydrogen (secondary N) is 2. The predicted octanol–water partition coefficient (Wildman–Crippen LogP) is 3.42. The highest BCUT2D eigenvalue weighted by molar-refractivity contribution is 6.03. The normalized spacial score (nSPS) is 27.5. The van der Waals surface area contributed by atoms with Gasteiger partial charge in [-0.1, -0.05) is 6.92 Å². The molecule has 28 heavy (non-hydrogen) atoms. The second kappa shape index (κ2) is 8.16. The molecule has 0 spiro atoms. The fourth-order valence-corrected chi connectivity index (χ4v) is 4.39. The van der Waals surface area contributed by atoms with Crippen LogP contribution in [-0.4, -0.2) is 38.5 Å². The van der Waals surface area contributed by atoms with E-state index < -0.39 is 0 Å². The summed E-state index contributed by atoms with van der Waals surface area (Å²) in [6, 6.07) is 2.25. The molecule has 2 aliphatic rings. The largest absolute Gasteiger partial charge is 0.465 e. The van der Waals surface area contributed by atoms with Gasteiger partial charge < -0.3 is 10.1 Å². The van der Waals surface area contributed by atoms with Crippen molar-refractivity contribution in [3.8, 4) is 0 Å². The van der Waals surface area contributed by atoms with Crippen molar-refractivity contribution in [2.45, 2.75) is 69.9 Å². The molecule has 2 heterocycles. The maximum absolute atomic E-state index is 12.6. The molecule has 0 aromatic carbocycles. The molecule has 2 saturated carbocycles. The van der Waals surface area contributed by atoms with E-state index in [0.717, 1.165) is 43.7 Å². The Morgan fingerprint density at radius 1 is 1.29 bits per heavy atom. The van der Waals surface area contributed by atoms with Crippen LogP contribution in [0.3, 0.4) is 0 Å². The number of H-pyrrole nitrogens is 1. The third kappa shape index (κ3) is 4.10. The average molecular weight is 385 g/mol. The molecule has 2 aliphatic carbocycles. The fraction of sp³-hybridized carbons (Fsp3) is 0.600. The van der Waals surface area contributed by atoms with E-state index in [0.29, 0.717) is 23.9 Å². The molecule has 2 aromatic rings. The van der Waals surface area contributed by atoms with Gasteiger partial charge in [-0.3, -0.25) is 19.4 Å². The van der Waals surface area contributed by atoms with Crippen LogP contribution < -0.4 is 5.32 Å². The summed E-state index contributed by atoms with van der Waals surface area (Å²) in [7, 11) is 0. The quantitative estimate of drug-likeness (QED) is 0.742. The number of nitrogens with zero attached hydrogens (tertiary/aromatic N) is 3. The monoisotopic (exact) mass is 385 g/mol. The highest BCUT2D eigenvalue weighted by Gasteiger charge is 2.28. The molecule has 4 rings (SSSR count). The summed E-state index contributed by atoms with van der Waals surface area (Å²) in [4.78, 5) is 23.0. The summed E-state index contributed by atoms with van der Waals surface area (Å²) in [6.45, 7) is 2.80. The lowest BCUT2D eigenvalue weighted by molar-refractivity contribution is -0.133. The molecule has 2 unspecified atom stereocenters. The van der Waals surface area contributed by atoms with Crippen molar-refractivity contribution in [2.75, 3.05) is 5.32 Å².